The maximum absolute atomic E-state index is 6.36. The zero-order chi connectivity index (χ0) is 13.7. The van der Waals surface area contributed by atoms with Crippen molar-refractivity contribution in [2.24, 2.45) is 0 Å². The largest absolute Gasteiger partial charge is 0.375 e. The zero-order valence-corrected chi connectivity index (χ0v) is 15.4. The lowest BCUT2D eigenvalue weighted by Gasteiger charge is -2.34. The van der Waals surface area contributed by atoms with Crippen LogP contribution in [0.4, 0.5) is 0 Å². The summed E-state index contributed by atoms with van der Waals surface area (Å²) < 4.78 is 6.36. The molecule has 1 atom stereocenters. The summed E-state index contributed by atoms with van der Waals surface area (Å²) in [5, 5.41) is 0. The summed E-state index contributed by atoms with van der Waals surface area (Å²) in [5.74, 6) is 0. The van der Waals surface area contributed by atoms with Gasteiger partial charge in [-0.15, -0.1) is 21.6 Å². The molecule has 0 saturated carbocycles. The van der Waals surface area contributed by atoms with Crippen molar-refractivity contribution in [2.75, 3.05) is 12.8 Å². The number of ether oxygens (including phenoxy) is 1. The molecule has 0 aromatic carbocycles. The van der Waals surface area contributed by atoms with Crippen LogP contribution in [-0.2, 0) is 4.74 Å². The number of halogens is 1. The van der Waals surface area contributed by atoms with E-state index in [4.69, 9.17) is 4.74 Å². The van der Waals surface area contributed by atoms with E-state index in [1.54, 1.807) is 0 Å². The van der Waals surface area contributed by atoms with Crippen molar-refractivity contribution < 1.29 is 4.74 Å². The van der Waals surface area contributed by atoms with Gasteiger partial charge in [0.1, 0.15) is 0 Å². The number of rotatable bonds is 13. The highest BCUT2D eigenvalue weighted by molar-refractivity contribution is 7.16. The Hall–Kier alpha value is 0.680. The van der Waals surface area contributed by atoms with E-state index in [0.29, 0.717) is 0 Å². The molecule has 3 heteroatoms. The molecule has 19 heavy (non-hydrogen) atoms. The minimum absolute atomic E-state index is 0. The second kappa shape index (κ2) is 15.1. The van der Waals surface area contributed by atoms with E-state index in [1.165, 1.54) is 64.2 Å². The predicted octanol–water partition coefficient (Wildman–Crippen LogP) is 6.00. The average Bonchev–Trinajstić information content (AvgIpc) is 2.40. The second-order valence-electron chi connectivity index (χ2n) is 5.48. The van der Waals surface area contributed by atoms with Gasteiger partial charge in [-0.3, -0.25) is 0 Å². The van der Waals surface area contributed by atoms with Gasteiger partial charge in [-0.25, -0.2) is 0 Å². The minimum Gasteiger partial charge on any atom is -0.375 e. The Labute approximate surface area is 130 Å². The molecular formula is C16H36ClOP. The van der Waals surface area contributed by atoms with E-state index in [2.05, 4.69) is 30.0 Å². The fourth-order valence-corrected chi connectivity index (χ4v) is 2.63. The van der Waals surface area contributed by atoms with Crippen molar-refractivity contribution in [3.8, 4) is 0 Å². The lowest BCUT2D eigenvalue weighted by molar-refractivity contribution is -0.0669. The molecule has 0 fully saturated rings. The molecule has 0 rings (SSSR count). The van der Waals surface area contributed by atoms with Gasteiger partial charge < -0.3 is 4.74 Å². The average molecular weight is 311 g/mol. The summed E-state index contributed by atoms with van der Waals surface area (Å²) >= 11 is 0. The normalized spacial score (nSPS) is 11.4. The topological polar surface area (TPSA) is 9.23 Å². The molecule has 0 aliphatic rings. The molecule has 0 aliphatic carbocycles. The van der Waals surface area contributed by atoms with Crippen LogP contribution in [0, 0.1) is 0 Å². The Morgan fingerprint density at radius 2 is 1.21 bits per heavy atom. The van der Waals surface area contributed by atoms with Crippen molar-refractivity contribution in [2.45, 2.75) is 90.6 Å². The maximum atomic E-state index is 6.36. The molecule has 0 saturated heterocycles. The molecular weight excluding hydrogens is 275 g/mol. The molecule has 0 bridgehead atoms. The molecule has 118 valence electrons. The molecule has 1 nitrogen and oxygen atoms in total. The SMILES string of the molecule is CCCCC(CCCC)(CCCC)OCCCP.Cl. The van der Waals surface area contributed by atoms with Crippen LogP contribution < -0.4 is 0 Å². The van der Waals surface area contributed by atoms with E-state index in [1.807, 2.05) is 0 Å². The predicted molar refractivity (Wildman–Crippen MR) is 93.7 cm³/mol. The number of hydrogen-bond donors (Lipinski definition) is 0. The van der Waals surface area contributed by atoms with Gasteiger partial charge in [-0.05, 0) is 31.8 Å². The van der Waals surface area contributed by atoms with Crippen LogP contribution in [-0.4, -0.2) is 18.4 Å². The maximum Gasteiger partial charge on any atom is 0.0682 e. The van der Waals surface area contributed by atoms with Crippen molar-refractivity contribution in [1.29, 1.82) is 0 Å². The lowest BCUT2D eigenvalue weighted by atomic mass is 9.86. The fraction of sp³-hybridized carbons (Fsp3) is 1.00. The van der Waals surface area contributed by atoms with E-state index in [-0.39, 0.29) is 18.0 Å². The summed E-state index contributed by atoms with van der Waals surface area (Å²) in [4.78, 5) is 0. The van der Waals surface area contributed by atoms with Crippen LogP contribution in [0.25, 0.3) is 0 Å². The van der Waals surface area contributed by atoms with Gasteiger partial charge in [-0.2, -0.15) is 0 Å². The molecule has 0 aromatic rings. The summed E-state index contributed by atoms with van der Waals surface area (Å²) in [6.07, 6.45) is 13.9. The third kappa shape index (κ3) is 11.1. The van der Waals surface area contributed by atoms with Gasteiger partial charge in [0.15, 0.2) is 0 Å². The van der Waals surface area contributed by atoms with Crippen LogP contribution >= 0.6 is 21.6 Å². The molecule has 0 spiro atoms. The van der Waals surface area contributed by atoms with Gasteiger partial charge in [0.2, 0.25) is 0 Å². The Morgan fingerprint density at radius 3 is 1.53 bits per heavy atom. The Morgan fingerprint density at radius 1 is 0.789 bits per heavy atom. The molecule has 0 amide bonds. The first kappa shape index (κ1) is 22.0. The van der Waals surface area contributed by atoms with E-state index in [9.17, 15) is 0 Å². The second-order valence-corrected chi connectivity index (χ2v) is 6.06. The first-order valence-corrected chi connectivity index (χ1v) is 8.90. The number of hydrogen-bond acceptors (Lipinski definition) is 1. The third-order valence-corrected chi connectivity index (χ3v) is 4.12. The summed E-state index contributed by atoms with van der Waals surface area (Å²) in [5.41, 5.74) is 0.196. The first-order chi connectivity index (χ1) is 8.74. The highest BCUT2D eigenvalue weighted by Gasteiger charge is 2.28. The van der Waals surface area contributed by atoms with Crippen LogP contribution in [0.1, 0.15) is 85.0 Å². The third-order valence-electron chi connectivity index (χ3n) is 3.71. The Balaban J connectivity index is 0. The summed E-state index contributed by atoms with van der Waals surface area (Å²) in [7, 11) is 2.80. The monoisotopic (exact) mass is 310 g/mol. The quantitative estimate of drug-likeness (QED) is 0.299. The van der Waals surface area contributed by atoms with Crippen LogP contribution in [0.15, 0.2) is 0 Å². The minimum atomic E-state index is 0. The van der Waals surface area contributed by atoms with Gasteiger partial charge in [-0.1, -0.05) is 59.3 Å². The molecule has 0 aliphatic heterocycles. The number of unbranched alkanes of at least 4 members (excludes halogenated alkanes) is 3. The van der Waals surface area contributed by atoms with Gasteiger partial charge in [0, 0.05) is 6.61 Å². The van der Waals surface area contributed by atoms with Crippen molar-refractivity contribution >= 4 is 21.6 Å². The van der Waals surface area contributed by atoms with Crippen LogP contribution in [0.5, 0.6) is 0 Å². The van der Waals surface area contributed by atoms with Gasteiger partial charge >= 0.3 is 0 Å². The Kier molecular flexibility index (Phi) is 17.4. The van der Waals surface area contributed by atoms with Crippen LogP contribution in [0.2, 0.25) is 0 Å². The van der Waals surface area contributed by atoms with Gasteiger partial charge in [0.25, 0.3) is 0 Å². The summed E-state index contributed by atoms with van der Waals surface area (Å²) in [6.45, 7) is 7.80. The first-order valence-electron chi connectivity index (χ1n) is 8.08. The highest BCUT2D eigenvalue weighted by Crippen LogP contribution is 2.31. The standard InChI is InChI=1S/C16H35OP.ClH/c1-4-7-11-16(12-8-5-2,13-9-6-3)17-14-10-15-18;/h4-15,18H2,1-3H3;1H. The lowest BCUT2D eigenvalue weighted by Crippen LogP contribution is -2.33. The van der Waals surface area contributed by atoms with Crippen molar-refractivity contribution in [1.82, 2.24) is 0 Å². The molecule has 0 N–H and O–H groups in total. The van der Waals surface area contributed by atoms with E-state index >= 15 is 0 Å². The van der Waals surface area contributed by atoms with E-state index in [0.717, 1.165) is 12.8 Å². The molecule has 0 heterocycles. The fourth-order valence-electron chi connectivity index (χ4n) is 2.46. The zero-order valence-electron chi connectivity index (χ0n) is 13.4. The molecule has 0 aromatic heterocycles. The molecule has 1 unspecified atom stereocenters. The van der Waals surface area contributed by atoms with Crippen molar-refractivity contribution in [3.63, 3.8) is 0 Å². The Bertz CT molecular complexity index is 154. The van der Waals surface area contributed by atoms with Gasteiger partial charge in [0.05, 0.1) is 5.60 Å². The molecule has 0 radical (unpaired) electrons. The van der Waals surface area contributed by atoms with Crippen molar-refractivity contribution in [3.05, 3.63) is 0 Å². The van der Waals surface area contributed by atoms with E-state index < -0.39 is 0 Å². The van der Waals surface area contributed by atoms with Crippen LogP contribution in [0.3, 0.4) is 0 Å². The highest BCUT2D eigenvalue weighted by atomic mass is 35.5. The summed E-state index contributed by atoms with van der Waals surface area (Å²) in [6, 6.07) is 0. The smallest absolute Gasteiger partial charge is 0.0682 e.